The Morgan fingerprint density at radius 2 is 1.74 bits per heavy atom. The number of anilines is 3. The zero-order chi connectivity index (χ0) is 34.2. The molecule has 0 aliphatic carbocycles. The first-order valence-corrected chi connectivity index (χ1v) is 16.5. The minimum atomic E-state index is -0.319. The topological polar surface area (TPSA) is 112 Å². The number of aliphatic hydroxyl groups excluding tert-OH is 1. The average molecular weight is 645 g/mol. The van der Waals surface area contributed by atoms with Crippen molar-refractivity contribution in [1.82, 2.24) is 19.8 Å². The molecule has 47 heavy (non-hydrogen) atoms. The molecule has 0 saturated carbocycles. The molecular formula is C37H52N6O4. The van der Waals surface area contributed by atoms with Crippen molar-refractivity contribution < 1.29 is 19.4 Å². The van der Waals surface area contributed by atoms with Crippen molar-refractivity contribution >= 4 is 40.4 Å². The van der Waals surface area contributed by atoms with E-state index in [9.17, 15) is 9.90 Å². The van der Waals surface area contributed by atoms with Gasteiger partial charge >= 0.3 is 0 Å². The maximum Gasteiger partial charge on any atom is 0.256 e. The number of hydrogen-bond acceptors (Lipinski definition) is 7. The first-order valence-electron chi connectivity index (χ1n) is 16.5. The molecule has 1 atom stereocenters. The lowest BCUT2D eigenvalue weighted by Crippen LogP contribution is -2.32. The van der Waals surface area contributed by atoms with Gasteiger partial charge in [-0.1, -0.05) is 19.1 Å². The predicted molar refractivity (Wildman–Crippen MR) is 192 cm³/mol. The van der Waals surface area contributed by atoms with Crippen molar-refractivity contribution in [3.8, 4) is 0 Å². The number of carbonyl (C=O) groups excluding carboxylic acids is 2. The fourth-order valence-corrected chi connectivity index (χ4v) is 5.38. The van der Waals surface area contributed by atoms with Gasteiger partial charge in [0.1, 0.15) is 5.82 Å². The van der Waals surface area contributed by atoms with Gasteiger partial charge in [0.05, 0.1) is 18.8 Å². The quantitative estimate of drug-likeness (QED) is 0.125. The molecule has 4 aromatic rings. The number of aromatic nitrogens is 2. The van der Waals surface area contributed by atoms with Crippen LogP contribution in [0.4, 0.5) is 17.2 Å². The number of benzene rings is 2. The SMILES string of the molecule is CCCN(CCCc1ccc(C(=O)Nc2cc(N(CCOC(C)C)c3ccc4c(ccn4C)c3)ccn2)cc1)CC(C)O.CNC=O. The highest BCUT2D eigenvalue weighted by Crippen LogP contribution is 2.30. The molecule has 10 heteroatoms. The number of nitrogens with zero attached hydrogens (tertiary/aromatic N) is 4. The Hall–Kier alpha value is -4.25. The van der Waals surface area contributed by atoms with E-state index in [1.165, 1.54) is 16.5 Å². The normalized spacial score (nSPS) is 11.7. The number of rotatable bonds is 17. The predicted octanol–water partition coefficient (Wildman–Crippen LogP) is 5.78. The fourth-order valence-electron chi connectivity index (χ4n) is 5.38. The van der Waals surface area contributed by atoms with Crippen LogP contribution in [0.15, 0.2) is 73.1 Å². The van der Waals surface area contributed by atoms with Crippen LogP contribution in [0.25, 0.3) is 10.9 Å². The number of amides is 2. The largest absolute Gasteiger partial charge is 0.392 e. The van der Waals surface area contributed by atoms with Gasteiger partial charge in [0.15, 0.2) is 0 Å². The van der Waals surface area contributed by atoms with Crippen LogP contribution < -0.4 is 15.5 Å². The maximum absolute atomic E-state index is 13.1. The van der Waals surface area contributed by atoms with Crippen molar-refractivity contribution in [2.24, 2.45) is 7.05 Å². The molecule has 2 aromatic heterocycles. The highest BCUT2D eigenvalue weighted by molar-refractivity contribution is 6.04. The summed E-state index contributed by atoms with van der Waals surface area (Å²) in [6.45, 7) is 11.9. The summed E-state index contributed by atoms with van der Waals surface area (Å²) in [5.41, 5.74) is 4.93. The Kier molecular flexibility index (Phi) is 15.4. The number of fused-ring (bicyclic) bond motifs is 1. The lowest BCUT2D eigenvalue weighted by atomic mass is 10.1. The molecule has 2 aromatic carbocycles. The summed E-state index contributed by atoms with van der Waals surface area (Å²) in [4.78, 5) is 31.1. The first-order chi connectivity index (χ1) is 22.6. The van der Waals surface area contributed by atoms with Gasteiger partial charge in [-0.05, 0) is 101 Å². The molecule has 0 aliphatic heterocycles. The Morgan fingerprint density at radius 1 is 1.02 bits per heavy atom. The minimum Gasteiger partial charge on any atom is -0.392 e. The molecule has 2 amide bonds. The van der Waals surface area contributed by atoms with Crippen LogP contribution in [0.3, 0.4) is 0 Å². The third-order valence-corrected chi connectivity index (χ3v) is 7.58. The fraction of sp³-hybridized carbons (Fsp3) is 0.432. The lowest BCUT2D eigenvalue weighted by molar-refractivity contribution is -0.109. The van der Waals surface area contributed by atoms with Gasteiger partial charge in [-0.2, -0.15) is 0 Å². The molecular weight excluding hydrogens is 592 g/mol. The third kappa shape index (κ3) is 12.1. The van der Waals surface area contributed by atoms with Crippen LogP contribution in [-0.4, -0.2) is 83.9 Å². The van der Waals surface area contributed by atoms with E-state index in [-0.39, 0.29) is 18.1 Å². The summed E-state index contributed by atoms with van der Waals surface area (Å²) in [6, 6.07) is 20.2. The summed E-state index contributed by atoms with van der Waals surface area (Å²) in [5.74, 6) is 0.305. The molecule has 254 valence electrons. The molecule has 1 unspecified atom stereocenters. The number of pyridine rings is 1. The van der Waals surface area contributed by atoms with Gasteiger partial charge in [0.25, 0.3) is 5.91 Å². The highest BCUT2D eigenvalue weighted by Gasteiger charge is 2.14. The molecule has 0 bridgehead atoms. The standard InChI is InChI=1S/C35H47N5O3.C2H5NO/c1-6-18-39(25-27(4)41)19-7-8-28-9-11-29(12-10-28)35(42)37-34-24-32(15-17-36-34)40(21-22-43-26(2)3)31-13-14-33-30(23-31)16-20-38(33)5;1-3-2-4/h9-17,20,23-24,26-27,41H,6-8,18-19,21-22,25H2,1-5H3,(H,36,37,42);2H,1H3,(H,3,4). The van der Waals surface area contributed by atoms with Crippen LogP contribution in [0.5, 0.6) is 0 Å². The summed E-state index contributed by atoms with van der Waals surface area (Å²) < 4.78 is 8.00. The van der Waals surface area contributed by atoms with E-state index in [1.54, 1.807) is 13.2 Å². The van der Waals surface area contributed by atoms with Crippen molar-refractivity contribution in [1.29, 1.82) is 0 Å². The second kappa shape index (κ2) is 19.4. The first kappa shape index (κ1) is 37.2. The summed E-state index contributed by atoms with van der Waals surface area (Å²) in [6.07, 6.45) is 7.24. The molecule has 3 N–H and O–H groups in total. The van der Waals surface area contributed by atoms with Crippen LogP contribution in [0, 0.1) is 0 Å². The van der Waals surface area contributed by atoms with Crippen molar-refractivity contribution in [3.63, 3.8) is 0 Å². The zero-order valence-corrected chi connectivity index (χ0v) is 28.8. The maximum atomic E-state index is 13.1. The minimum absolute atomic E-state index is 0.142. The highest BCUT2D eigenvalue weighted by atomic mass is 16.5. The molecule has 0 fully saturated rings. The molecule has 0 radical (unpaired) electrons. The Bertz CT molecular complexity index is 1520. The third-order valence-electron chi connectivity index (χ3n) is 7.58. The van der Waals surface area contributed by atoms with Crippen molar-refractivity contribution in [2.75, 3.05) is 50.1 Å². The van der Waals surface area contributed by atoms with E-state index in [0.29, 0.717) is 37.5 Å². The molecule has 0 aliphatic rings. The molecule has 2 heterocycles. The Labute approximate surface area is 279 Å². The molecule has 4 rings (SSSR count). The average Bonchev–Trinajstić information content (AvgIpc) is 3.43. The van der Waals surface area contributed by atoms with Gasteiger partial charge in [-0.15, -0.1) is 0 Å². The van der Waals surface area contributed by atoms with Crippen LogP contribution in [-0.2, 0) is 23.0 Å². The van der Waals surface area contributed by atoms with Gasteiger partial charge in [0.2, 0.25) is 6.41 Å². The molecule has 0 saturated heterocycles. The number of ether oxygens (including phenoxy) is 1. The van der Waals surface area contributed by atoms with E-state index < -0.39 is 0 Å². The summed E-state index contributed by atoms with van der Waals surface area (Å²) in [7, 11) is 3.61. The van der Waals surface area contributed by atoms with Crippen molar-refractivity contribution in [2.45, 2.75) is 59.2 Å². The number of carbonyl (C=O) groups is 2. The van der Waals surface area contributed by atoms with E-state index in [1.807, 2.05) is 64.2 Å². The number of nitrogens with one attached hydrogen (secondary N) is 2. The van der Waals surface area contributed by atoms with E-state index in [4.69, 9.17) is 9.53 Å². The van der Waals surface area contributed by atoms with Crippen LogP contribution in [0.1, 0.15) is 56.5 Å². The van der Waals surface area contributed by atoms with Gasteiger partial charge in [0, 0.05) is 73.5 Å². The second-order valence-corrected chi connectivity index (χ2v) is 12.0. The van der Waals surface area contributed by atoms with Gasteiger partial charge < -0.3 is 34.8 Å². The van der Waals surface area contributed by atoms with E-state index in [2.05, 4.69) is 67.4 Å². The second-order valence-electron chi connectivity index (χ2n) is 12.0. The lowest BCUT2D eigenvalue weighted by Gasteiger charge is -2.26. The van der Waals surface area contributed by atoms with E-state index >= 15 is 0 Å². The summed E-state index contributed by atoms with van der Waals surface area (Å²) >= 11 is 0. The Morgan fingerprint density at radius 3 is 2.40 bits per heavy atom. The monoisotopic (exact) mass is 644 g/mol. The summed E-state index contributed by atoms with van der Waals surface area (Å²) in [5, 5.41) is 16.1. The number of aryl methyl sites for hydroxylation is 2. The molecule has 10 nitrogen and oxygen atoms in total. The van der Waals surface area contributed by atoms with Gasteiger partial charge in [-0.3, -0.25) is 9.59 Å². The number of hydrogen-bond donors (Lipinski definition) is 3. The zero-order valence-electron chi connectivity index (χ0n) is 28.8. The smallest absolute Gasteiger partial charge is 0.256 e. The van der Waals surface area contributed by atoms with E-state index in [0.717, 1.165) is 43.7 Å². The van der Waals surface area contributed by atoms with Crippen molar-refractivity contribution in [3.05, 3.63) is 84.2 Å². The van der Waals surface area contributed by atoms with Gasteiger partial charge in [-0.25, -0.2) is 4.98 Å². The van der Waals surface area contributed by atoms with Crippen LogP contribution >= 0.6 is 0 Å². The molecule has 0 spiro atoms. The Balaban J connectivity index is 0.00000142. The van der Waals surface area contributed by atoms with Crippen LogP contribution in [0.2, 0.25) is 0 Å². The number of aliphatic hydroxyl groups is 1.